The summed E-state index contributed by atoms with van der Waals surface area (Å²) in [6.45, 7) is 0.417. The molecule has 0 heterocycles. The highest BCUT2D eigenvalue weighted by molar-refractivity contribution is 5.90. The number of nitrogens with one attached hydrogen (secondary N) is 1. The Morgan fingerprint density at radius 2 is 2.05 bits per heavy atom. The summed E-state index contributed by atoms with van der Waals surface area (Å²) < 4.78 is 5.53. The molecular formula is C17H17N3O2. The van der Waals surface area contributed by atoms with Gasteiger partial charge in [-0.15, -0.1) is 0 Å². The highest BCUT2D eigenvalue weighted by Crippen LogP contribution is 2.19. The van der Waals surface area contributed by atoms with Crippen LogP contribution >= 0.6 is 0 Å². The number of nitrogens with zero attached hydrogens (tertiary/aromatic N) is 1. The summed E-state index contributed by atoms with van der Waals surface area (Å²) in [5, 5.41) is 11.6. The summed E-state index contributed by atoms with van der Waals surface area (Å²) in [4.78, 5) is 11.8. The number of amides is 1. The molecule has 0 saturated carbocycles. The maximum Gasteiger partial charge on any atom is 0.224 e. The van der Waals surface area contributed by atoms with E-state index in [4.69, 9.17) is 15.7 Å². The van der Waals surface area contributed by atoms with E-state index in [0.29, 0.717) is 42.1 Å². The van der Waals surface area contributed by atoms with Crippen molar-refractivity contribution in [3.8, 4) is 11.8 Å². The van der Waals surface area contributed by atoms with Crippen molar-refractivity contribution in [2.75, 3.05) is 17.7 Å². The lowest BCUT2D eigenvalue weighted by molar-refractivity contribution is -0.116. The minimum atomic E-state index is -0.111. The van der Waals surface area contributed by atoms with Gasteiger partial charge in [0.1, 0.15) is 5.75 Å². The van der Waals surface area contributed by atoms with Crippen molar-refractivity contribution in [2.24, 2.45) is 0 Å². The first-order valence-corrected chi connectivity index (χ1v) is 6.96. The van der Waals surface area contributed by atoms with Crippen LogP contribution in [-0.2, 0) is 4.79 Å². The number of benzene rings is 2. The first-order chi connectivity index (χ1) is 10.7. The van der Waals surface area contributed by atoms with Gasteiger partial charge in [-0.05, 0) is 36.8 Å². The number of para-hydroxylation sites is 2. The first kappa shape index (κ1) is 15.4. The molecule has 0 aliphatic carbocycles. The second-order valence-electron chi connectivity index (χ2n) is 4.73. The van der Waals surface area contributed by atoms with Crippen LogP contribution in [0.15, 0.2) is 48.5 Å². The Kier molecular flexibility index (Phi) is 5.38. The van der Waals surface area contributed by atoms with Crippen LogP contribution in [0.5, 0.6) is 5.75 Å². The Labute approximate surface area is 129 Å². The molecule has 0 bridgehead atoms. The fourth-order valence-corrected chi connectivity index (χ4v) is 1.92. The second-order valence-corrected chi connectivity index (χ2v) is 4.73. The highest BCUT2D eigenvalue weighted by atomic mass is 16.5. The lowest BCUT2D eigenvalue weighted by atomic mass is 10.2. The molecule has 1 amide bonds. The Morgan fingerprint density at radius 1 is 1.23 bits per heavy atom. The van der Waals surface area contributed by atoms with Gasteiger partial charge in [0, 0.05) is 12.1 Å². The van der Waals surface area contributed by atoms with Crippen LogP contribution in [0.4, 0.5) is 11.4 Å². The van der Waals surface area contributed by atoms with Crippen LogP contribution in [0, 0.1) is 11.3 Å². The lowest BCUT2D eigenvalue weighted by Gasteiger charge is -2.09. The van der Waals surface area contributed by atoms with Gasteiger partial charge in [-0.2, -0.15) is 5.26 Å². The molecule has 0 fully saturated rings. The number of ether oxygens (including phenoxy) is 1. The number of nitriles is 1. The summed E-state index contributed by atoms with van der Waals surface area (Å²) in [5.41, 5.74) is 7.48. The minimum absolute atomic E-state index is 0.111. The van der Waals surface area contributed by atoms with Gasteiger partial charge in [-0.25, -0.2) is 0 Å². The van der Waals surface area contributed by atoms with Crippen LogP contribution in [0.25, 0.3) is 0 Å². The van der Waals surface area contributed by atoms with E-state index >= 15 is 0 Å². The molecule has 3 N–H and O–H groups in total. The molecule has 2 rings (SSSR count). The van der Waals surface area contributed by atoms with Gasteiger partial charge in [0.2, 0.25) is 5.91 Å². The normalized spacial score (nSPS) is 9.77. The van der Waals surface area contributed by atoms with E-state index in [-0.39, 0.29) is 5.91 Å². The zero-order valence-corrected chi connectivity index (χ0v) is 12.1. The molecule has 0 saturated heterocycles. The van der Waals surface area contributed by atoms with Gasteiger partial charge < -0.3 is 15.8 Å². The Hall–Kier alpha value is -3.00. The van der Waals surface area contributed by atoms with E-state index < -0.39 is 0 Å². The molecule has 5 nitrogen and oxygen atoms in total. The molecule has 2 aromatic rings. The SMILES string of the molecule is N#Cc1cccc(NC(=O)CCCOc2ccccc2N)c1. The Morgan fingerprint density at radius 3 is 2.82 bits per heavy atom. The van der Waals surface area contributed by atoms with Gasteiger partial charge in [-0.1, -0.05) is 18.2 Å². The fourth-order valence-electron chi connectivity index (χ4n) is 1.92. The molecule has 0 aliphatic heterocycles. The van der Waals surface area contributed by atoms with Gasteiger partial charge in [0.25, 0.3) is 0 Å². The predicted octanol–water partition coefficient (Wildman–Crippen LogP) is 2.94. The topological polar surface area (TPSA) is 88.1 Å². The van der Waals surface area contributed by atoms with Crippen molar-refractivity contribution in [3.05, 3.63) is 54.1 Å². The highest BCUT2D eigenvalue weighted by Gasteiger charge is 2.04. The van der Waals surface area contributed by atoms with Crippen molar-refractivity contribution in [1.29, 1.82) is 5.26 Å². The Bertz CT molecular complexity index is 692. The zero-order chi connectivity index (χ0) is 15.8. The monoisotopic (exact) mass is 295 g/mol. The van der Waals surface area contributed by atoms with E-state index in [1.165, 1.54) is 0 Å². The van der Waals surface area contributed by atoms with E-state index in [1.807, 2.05) is 18.2 Å². The molecule has 0 aliphatic rings. The molecule has 5 heteroatoms. The first-order valence-electron chi connectivity index (χ1n) is 6.96. The molecule has 0 atom stereocenters. The van der Waals surface area contributed by atoms with Crippen LogP contribution in [-0.4, -0.2) is 12.5 Å². The summed E-state index contributed by atoms with van der Waals surface area (Å²) in [5.74, 6) is 0.518. The van der Waals surface area contributed by atoms with Gasteiger partial charge >= 0.3 is 0 Å². The van der Waals surface area contributed by atoms with E-state index in [2.05, 4.69) is 5.32 Å². The number of carbonyl (C=O) groups excluding carboxylic acids is 1. The third-order valence-corrected chi connectivity index (χ3v) is 3.00. The molecule has 0 radical (unpaired) electrons. The summed E-state index contributed by atoms with van der Waals surface area (Å²) in [7, 11) is 0. The Balaban J connectivity index is 1.74. The van der Waals surface area contributed by atoms with Crippen molar-refractivity contribution in [3.63, 3.8) is 0 Å². The van der Waals surface area contributed by atoms with E-state index in [9.17, 15) is 4.79 Å². The molecular weight excluding hydrogens is 278 g/mol. The number of hydrogen-bond acceptors (Lipinski definition) is 4. The lowest BCUT2D eigenvalue weighted by Crippen LogP contribution is -2.13. The van der Waals surface area contributed by atoms with Crippen molar-refractivity contribution in [1.82, 2.24) is 0 Å². The number of carbonyl (C=O) groups is 1. The van der Waals surface area contributed by atoms with Crippen LogP contribution in [0.2, 0.25) is 0 Å². The third-order valence-electron chi connectivity index (χ3n) is 3.00. The standard InChI is InChI=1S/C17H17N3O2/c18-12-13-5-3-6-14(11-13)20-17(21)9-4-10-22-16-8-2-1-7-15(16)19/h1-3,5-8,11H,4,9-10,19H2,(H,20,21). The zero-order valence-electron chi connectivity index (χ0n) is 12.1. The minimum Gasteiger partial charge on any atom is -0.491 e. The molecule has 22 heavy (non-hydrogen) atoms. The molecule has 0 unspecified atom stereocenters. The summed E-state index contributed by atoms with van der Waals surface area (Å²) in [6, 6.07) is 16.1. The van der Waals surface area contributed by atoms with E-state index in [0.717, 1.165) is 0 Å². The van der Waals surface area contributed by atoms with Crippen molar-refractivity contribution in [2.45, 2.75) is 12.8 Å². The van der Waals surface area contributed by atoms with Crippen molar-refractivity contribution >= 4 is 17.3 Å². The average Bonchev–Trinajstić information content (AvgIpc) is 2.53. The van der Waals surface area contributed by atoms with Crippen molar-refractivity contribution < 1.29 is 9.53 Å². The van der Waals surface area contributed by atoms with Crippen LogP contribution in [0.1, 0.15) is 18.4 Å². The van der Waals surface area contributed by atoms with E-state index in [1.54, 1.807) is 36.4 Å². The largest absolute Gasteiger partial charge is 0.491 e. The number of nitrogen functional groups attached to an aromatic ring is 1. The van der Waals surface area contributed by atoms with Crippen LogP contribution < -0.4 is 15.8 Å². The fraction of sp³-hybridized carbons (Fsp3) is 0.176. The van der Waals surface area contributed by atoms with Gasteiger partial charge in [-0.3, -0.25) is 4.79 Å². The number of hydrogen-bond donors (Lipinski definition) is 2. The summed E-state index contributed by atoms with van der Waals surface area (Å²) in [6.07, 6.45) is 0.918. The average molecular weight is 295 g/mol. The number of nitrogens with two attached hydrogens (primary N) is 1. The molecule has 0 spiro atoms. The molecule has 2 aromatic carbocycles. The molecule has 112 valence electrons. The second kappa shape index (κ2) is 7.70. The van der Waals surface area contributed by atoms with Gasteiger partial charge in [0.15, 0.2) is 0 Å². The molecule has 0 aromatic heterocycles. The third kappa shape index (κ3) is 4.53. The number of anilines is 2. The maximum absolute atomic E-state index is 11.8. The predicted molar refractivity (Wildman–Crippen MR) is 85.4 cm³/mol. The summed E-state index contributed by atoms with van der Waals surface area (Å²) >= 11 is 0. The van der Waals surface area contributed by atoms with Gasteiger partial charge in [0.05, 0.1) is 23.9 Å². The van der Waals surface area contributed by atoms with Crippen LogP contribution in [0.3, 0.4) is 0 Å². The number of rotatable bonds is 6. The maximum atomic E-state index is 11.8. The quantitative estimate of drug-likeness (QED) is 0.633. The smallest absolute Gasteiger partial charge is 0.224 e.